The van der Waals surface area contributed by atoms with E-state index in [1.54, 1.807) is 0 Å². The monoisotopic (exact) mass is 345 g/mol. The fourth-order valence-corrected chi connectivity index (χ4v) is 3.80. The van der Waals surface area contributed by atoms with Gasteiger partial charge in [-0.1, -0.05) is 31.2 Å². The van der Waals surface area contributed by atoms with Gasteiger partial charge in [-0.15, -0.1) is 0 Å². The number of nitrogens with zero attached hydrogens (tertiary/aromatic N) is 2. The molecule has 0 spiro atoms. The Balaban J connectivity index is 1.68. The molecule has 0 unspecified atom stereocenters. The quantitative estimate of drug-likeness (QED) is 0.913. The molecule has 2 fully saturated rings. The number of morpholine rings is 1. The topological polar surface area (TPSA) is 44.8 Å². The summed E-state index contributed by atoms with van der Waals surface area (Å²) < 4.78 is 5.34. The zero-order chi connectivity index (χ0) is 17.6. The molecule has 25 heavy (non-hydrogen) atoms. The van der Waals surface area contributed by atoms with Crippen molar-refractivity contribution in [2.45, 2.75) is 32.7 Å². The summed E-state index contributed by atoms with van der Waals surface area (Å²) >= 11 is 0. The molecule has 2 amide bonds. The predicted octanol–water partition coefficient (Wildman–Crippen LogP) is 2.81. The third kappa shape index (κ3) is 4.73. The van der Waals surface area contributed by atoms with Crippen molar-refractivity contribution in [3.8, 4) is 0 Å². The van der Waals surface area contributed by atoms with E-state index in [0.717, 1.165) is 19.0 Å². The Bertz CT molecular complexity index is 564. The lowest BCUT2D eigenvalue weighted by Gasteiger charge is -2.38. The van der Waals surface area contributed by atoms with Gasteiger partial charge in [0.15, 0.2) is 0 Å². The number of carbonyl (C=O) groups excluding carboxylic acids is 1. The van der Waals surface area contributed by atoms with E-state index in [0.29, 0.717) is 32.8 Å². The van der Waals surface area contributed by atoms with E-state index >= 15 is 0 Å². The van der Waals surface area contributed by atoms with Gasteiger partial charge in [0.2, 0.25) is 0 Å². The Morgan fingerprint density at radius 2 is 1.88 bits per heavy atom. The number of carbonyl (C=O) groups is 1. The van der Waals surface area contributed by atoms with Gasteiger partial charge in [-0.05, 0) is 49.9 Å². The van der Waals surface area contributed by atoms with Gasteiger partial charge in [0.25, 0.3) is 0 Å². The number of benzene rings is 1. The maximum Gasteiger partial charge on any atom is 0.317 e. The molecule has 138 valence electrons. The van der Waals surface area contributed by atoms with Gasteiger partial charge in [0.1, 0.15) is 0 Å². The summed E-state index contributed by atoms with van der Waals surface area (Å²) in [6.07, 6.45) is 2.47. The normalized spacial score (nSPS) is 21.1. The molecule has 2 heterocycles. The summed E-state index contributed by atoms with van der Waals surface area (Å²) in [6, 6.07) is 8.84. The van der Waals surface area contributed by atoms with Crippen molar-refractivity contribution >= 4 is 6.03 Å². The molecule has 0 saturated carbocycles. The minimum absolute atomic E-state index is 0.0345. The molecule has 2 aliphatic heterocycles. The standard InChI is InChI=1S/C20H31N3O2/c1-16-7-9-22(10-8-16)19(18-6-4-3-5-17(18)2)15-21-20(24)23-11-13-25-14-12-23/h3-6,16,19H,7-15H2,1-2H3,(H,21,24)/t19-/m0/s1. The Kier molecular flexibility index (Phi) is 6.32. The van der Waals surface area contributed by atoms with Crippen LogP contribution in [0.5, 0.6) is 0 Å². The van der Waals surface area contributed by atoms with E-state index < -0.39 is 0 Å². The zero-order valence-electron chi connectivity index (χ0n) is 15.5. The highest BCUT2D eigenvalue weighted by Gasteiger charge is 2.27. The fraction of sp³-hybridized carbons (Fsp3) is 0.650. The van der Waals surface area contributed by atoms with Crippen LogP contribution in [-0.2, 0) is 4.74 Å². The summed E-state index contributed by atoms with van der Waals surface area (Å²) in [6.45, 7) is 10.0. The highest BCUT2D eigenvalue weighted by atomic mass is 16.5. The van der Waals surface area contributed by atoms with Crippen molar-refractivity contribution in [3.05, 3.63) is 35.4 Å². The van der Waals surface area contributed by atoms with Crippen molar-refractivity contribution in [1.82, 2.24) is 15.1 Å². The highest BCUT2D eigenvalue weighted by Crippen LogP contribution is 2.28. The van der Waals surface area contributed by atoms with Crippen LogP contribution in [0.4, 0.5) is 4.79 Å². The van der Waals surface area contributed by atoms with Crippen LogP contribution in [-0.4, -0.2) is 61.8 Å². The number of ether oxygens (including phenoxy) is 1. The summed E-state index contributed by atoms with van der Waals surface area (Å²) in [7, 11) is 0. The number of aryl methyl sites for hydroxylation is 1. The summed E-state index contributed by atoms with van der Waals surface area (Å²) in [4.78, 5) is 16.9. The van der Waals surface area contributed by atoms with E-state index in [1.165, 1.54) is 24.0 Å². The van der Waals surface area contributed by atoms with Gasteiger partial charge in [-0.3, -0.25) is 4.90 Å². The molecular weight excluding hydrogens is 314 g/mol. The SMILES string of the molecule is Cc1ccccc1[C@H](CNC(=O)N1CCOCC1)N1CCC(C)CC1. The van der Waals surface area contributed by atoms with Crippen LogP contribution in [0.25, 0.3) is 0 Å². The second kappa shape index (κ2) is 8.68. The van der Waals surface area contributed by atoms with Crippen LogP contribution in [0, 0.1) is 12.8 Å². The Morgan fingerprint density at radius 1 is 1.20 bits per heavy atom. The Morgan fingerprint density at radius 3 is 2.56 bits per heavy atom. The molecular formula is C20H31N3O2. The van der Waals surface area contributed by atoms with Crippen molar-refractivity contribution in [2.75, 3.05) is 45.9 Å². The van der Waals surface area contributed by atoms with Crippen LogP contribution >= 0.6 is 0 Å². The van der Waals surface area contributed by atoms with E-state index in [-0.39, 0.29) is 12.1 Å². The minimum Gasteiger partial charge on any atom is -0.378 e. The zero-order valence-corrected chi connectivity index (χ0v) is 15.5. The maximum absolute atomic E-state index is 12.5. The number of likely N-dealkylation sites (tertiary alicyclic amines) is 1. The molecule has 2 aliphatic rings. The molecule has 5 heteroatoms. The smallest absolute Gasteiger partial charge is 0.317 e. The first-order valence-corrected chi connectivity index (χ1v) is 9.55. The molecule has 0 bridgehead atoms. The van der Waals surface area contributed by atoms with Crippen molar-refractivity contribution < 1.29 is 9.53 Å². The van der Waals surface area contributed by atoms with Gasteiger partial charge < -0.3 is 15.0 Å². The number of nitrogens with one attached hydrogen (secondary N) is 1. The van der Waals surface area contributed by atoms with E-state index in [4.69, 9.17) is 4.74 Å². The molecule has 2 saturated heterocycles. The molecule has 1 atom stereocenters. The fourth-order valence-electron chi connectivity index (χ4n) is 3.80. The lowest BCUT2D eigenvalue weighted by Crippen LogP contribution is -2.49. The molecule has 0 aliphatic carbocycles. The highest BCUT2D eigenvalue weighted by molar-refractivity contribution is 5.74. The predicted molar refractivity (Wildman–Crippen MR) is 99.7 cm³/mol. The molecule has 0 radical (unpaired) electrons. The van der Waals surface area contributed by atoms with Crippen LogP contribution in [0.3, 0.4) is 0 Å². The van der Waals surface area contributed by atoms with Gasteiger partial charge >= 0.3 is 6.03 Å². The van der Waals surface area contributed by atoms with Crippen LogP contribution in [0.2, 0.25) is 0 Å². The van der Waals surface area contributed by atoms with E-state index in [9.17, 15) is 4.79 Å². The van der Waals surface area contributed by atoms with Crippen molar-refractivity contribution in [2.24, 2.45) is 5.92 Å². The second-order valence-electron chi connectivity index (χ2n) is 7.38. The number of piperidine rings is 1. The molecule has 5 nitrogen and oxygen atoms in total. The largest absolute Gasteiger partial charge is 0.378 e. The van der Waals surface area contributed by atoms with Gasteiger partial charge in [0, 0.05) is 19.6 Å². The lowest BCUT2D eigenvalue weighted by molar-refractivity contribution is 0.0522. The molecule has 3 rings (SSSR count). The van der Waals surface area contributed by atoms with Gasteiger partial charge in [0.05, 0.1) is 19.3 Å². The van der Waals surface area contributed by atoms with Gasteiger partial charge in [-0.25, -0.2) is 4.79 Å². The first-order chi connectivity index (χ1) is 12.1. The van der Waals surface area contributed by atoms with Crippen molar-refractivity contribution in [3.63, 3.8) is 0 Å². The molecule has 1 N–H and O–H groups in total. The third-order valence-corrected chi connectivity index (χ3v) is 5.55. The molecule has 1 aromatic carbocycles. The average Bonchev–Trinajstić information content (AvgIpc) is 2.65. The van der Waals surface area contributed by atoms with Crippen molar-refractivity contribution in [1.29, 1.82) is 0 Å². The molecule has 0 aromatic heterocycles. The second-order valence-corrected chi connectivity index (χ2v) is 7.38. The summed E-state index contributed by atoms with van der Waals surface area (Å²) in [5, 5.41) is 3.18. The Hall–Kier alpha value is -1.59. The number of urea groups is 1. The van der Waals surface area contributed by atoms with E-state index in [1.807, 2.05) is 4.90 Å². The summed E-state index contributed by atoms with van der Waals surface area (Å²) in [5.41, 5.74) is 2.63. The minimum atomic E-state index is 0.0345. The van der Waals surface area contributed by atoms with Gasteiger partial charge in [-0.2, -0.15) is 0 Å². The summed E-state index contributed by atoms with van der Waals surface area (Å²) in [5.74, 6) is 0.803. The number of hydrogen-bond donors (Lipinski definition) is 1. The number of rotatable bonds is 4. The Labute approximate surface area is 151 Å². The first-order valence-electron chi connectivity index (χ1n) is 9.55. The number of amides is 2. The van der Waals surface area contributed by atoms with Crippen LogP contribution in [0.1, 0.15) is 36.9 Å². The first kappa shape index (κ1) is 18.2. The lowest BCUT2D eigenvalue weighted by atomic mass is 9.94. The average molecular weight is 345 g/mol. The van der Waals surface area contributed by atoms with E-state index in [2.05, 4.69) is 48.3 Å². The van der Waals surface area contributed by atoms with Crippen LogP contribution in [0.15, 0.2) is 24.3 Å². The van der Waals surface area contributed by atoms with Crippen LogP contribution < -0.4 is 5.32 Å². The maximum atomic E-state index is 12.5. The number of hydrogen-bond acceptors (Lipinski definition) is 3. The molecule has 1 aromatic rings. The third-order valence-electron chi connectivity index (χ3n) is 5.55.